The Hall–Kier alpha value is -0.920. The van der Waals surface area contributed by atoms with Crippen LogP contribution in [-0.2, 0) is 0 Å². The second-order valence-corrected chi connectivity index (χ2v) is 4.52. The quantitative estimate of drug-likeness (QED) is 0.640. The first kappa shape index (κ1) is 16.1. The Morgan fingerprint density at radius 2 is 1.59 bits per heavy atom. The first-order chi connectivity index (χ1) is 7.93. The number of rotatable bonds is 4. The van der Waals surface area contributed by atoms with Crippen LogP contribution in [0.5, 0.6) is 0 Å². The maximum absolute atomic E-state index is 12.2. The maximum Gasteiger partial charge on any atom is 0.247 e. The van der Waals surface area contributed by atoms with E-state index in [4.69, 9.17) is 0 Å². The maximum atomic E-state index is 12.2. The summed E-state index contributed by atoms with van der Waals surface area (Å²) in [5, 5.41) is 0. The molecule has 0 saturated heterocycles. The van der Waals surface area contributed by atoms with Crippen LogP contribution < -0.4 is 0 Å². The van der Waals surface area contributed by atoms with E-state index in [2.05, 4.69) is 38.1 Å². The van der Waals surface area contributed by atoms with Crippen molar-refractivity contribution < 1.29 is 8.78 Å². The molecule has 0 nitrogen and oxygen atoms in total. The van der Waals surface area contributed by atoms with Crippen LogP contribution in [-0.4, -0.2) is 5.92 Å². The van der Waals surface area contributed by atoms with Gasteiger partial charge in [0.25, 0.3) is 0 Å². The van der Waals surface area contributed by atoms with E-state index >= 15 is 0 Å². The van der Waals surface area contributed by atoms with Crippen LogP contribution >= 0.6 is 0 Å². The van der Waals surface area contributed by atoms with Gasteiger partial charge in [-0.05, 0) is 11.5 Å². The zero-order chi connectivity index (χ0) is 13.3. The van der Waals surface area contributed by atoms with E-state index in [1.54, 1.807) is 6.92 Å². The lowest BCUT2D eigenvalue weighted by molar-refractivity contribution is -0.0119. The molecule has 2 heteroatoms. The summed E-state index contributed by atoms with van der Waals surface area (Å²) in [6.07, 6.45) is 0.575. The second-order valence-electron chi connectivity index (χ2n) is 4.52. The third-order valence-corrected chi connectivity index (χ3v) is 2.60. The molecule has 17 heavy (non-hydrogen) atoms. The molecule has 0 saturated carbocycles. The van der Waals surface area contributed by atoms with Crippen LogP contribution in [0.2, 0.25) is 0 Å². The van der Waals surface area contributed by atoms with Gasteiger partial charge >= 0.3 is 0 Å². The molecule has 0 bridgehead atoms. The van der Waals surface area contributed by atoms with Crippen LogP contribution in [0.4, 0.5) is 8.78 Å². The molecule has 0 radical (unpaired) electrons. The van der Waals surface area contributed by atoms with Crippen molar-refractivity contribution in [1.29, 1.82) is 0 Å². The fourth-order valence-electron chi connectivity index (χ4n) is 1.38. The van der Waals surface area contributed by atoms with Gasteiger partial charge in [-0.2, -0.15) is 0 Å². The van der Waals surface area contributed by atoms with Crippen LogP contribution in [0.15, 0.2) is 30.3 Å². The van der Waals surface area contributed by atoms with Gasteiger partial charge < -0.3 is 0 Å². The lowest BCUT2D eigenvalue weighted by Gasteiger charge is -2.10. The van der Waals surface area contributed by atoms with Crippen LogP contribution in [0.25, 0.3) is 0 Å². The molecule has 0 aliphatic heterocycles. The van der Waals surface area contributed by atoms with Gasteiger partial charge in [0.05, 0.1) is 0 Å². The predicted molar refractivity (Wildman–Crippen MR) is 70.7 cm³/mol. The van der Waals surface area contributed by atoms with E-state index in [9.17, 15) is 8.78 Å². The molecule has 1 aromatic carbocycles. The lowest BCUT2D eigenvalue weighted by atomic mass is 10.0. The summed E-state index contributed by atoms with van der Waals surface area (Å²) in [6.45, 7) is 7.68. The van der Waals surface area contributed by atoms with E-state index in [-0.39, 0.29) is 12.8 Å². The smallest absolute Gasteiger partial charge is 0.207 e. The molecule has 0 atom stereocenters. The molecule has 0 unspecified atom stereocenters. The van der Waals surface area contributed by atoms with Crippen LogP contribution in [0, 0.1) is 0 Å². The third-order valence-electron chi connectivity index (χ3n) is 2.60. The van der Waals surface area contributed by atoms with Crippen molar-refractivity contribution in [2.45, 2.75) is 58.8 Å². The Kier molecular flexibility index (Phi) is 7.77. The Morgan fingerprint density at radius 3 is 1.82 bits per heavy atom. The molecule has 0 heterocycles. The first-order valence-electron chi connectivity index (χ1n) is 6.35. The van der Waals surface area contributed by atoms with E-state index in [0.717, 1.165) is 0 Å². The number of hydrogen-bond donors (Lipinski definition) is 0. The first-order valence-corrected chi connectivity index (χ1v) is 6.35. The van der Waals surface area contributed by atoms with Gasteiger partial charge in [-0.15, -0.1) is 0 Å². The van der Waals surface area contributed by atoms with Gasteiger partial charge in [0.1, 0.15) is 0 Å². The zero-order valence-electron chi connectivity index (χ0n) is 11.3. The summed E-state index contributed by atoms with van der Waals surface area (Å²) in [6, 6.07) is 10.5. The highest BCUT2D eigenvalue weighted by molar-refractivity contribution is 5.17. The third kappa shape index (κ3) is 7.89. The summed E-state index contributed by atoms with van der Waals surface area (Å²) >= 11 is 0. The van der Waals surface area contributed by atoms with Crippen molar-refractivity contribution in [3.05, 3.63) is 35.9 Å². The summed E-state index contributed by atoms with van der Waals surface area (Å²) in [7, 11) is 0. The molecular formula is C15H24F2. The highest BCUT2D eigenvalue weighted by Gasteiger charge is 2.23. The Labute approximate surface area is 104 Å². The Bertz CT molecular complexity index is 278. The zero-order valence-corrected chi connectivity index (χ0v) is 11.3. The van der Waals surface area contributed by atoms with Crippen molar-refractivity contribution in [1.82, 2.24) is 0 Å². The van der Waals surface area contributed by atoms with Gasteiger partial charge in [-0.3, -0.25) is 0 Å². The Morgan fingerprint density at radius 1 is 1.06 bits per heavy atom. The van der Waals surface area contributed by atoms with Crippen LogP contribution in [0.1, 0.15) is 58.4 Å². The van der Waals surface area contributed by atoms with Crippen molar-refractivity contribution in [3.63, 3.8) is 0 Å². The average molecular weight is 242 g/mol. The van der Waals surface area contributed by atoms with Gasteiger partial charge in [0, 0.05) is 12.8 Å². The molecule has 1 rings (SSSR count). The molecule has 0 spiro atoms. The minimum Gasteiger partial charge on any atom is -0.207 e. The van der Waals surface area contributed by atoms with E-state index < -0.39 is 5.92 Å². The predicted octanol–water partition coefficient (Wildman–Crippen LogP) is 5.64. The minimum absolute atomic E-state index is 0.0269. The number of benzene rings is 1. The highest BCUT2D eigenvalue weighted by Crippen LogP contribution is 2.23. The molecule has 0 fully saturated rings. The van der Waals surface area contributed by atoms with Gasteiger partial charge in [0.15, 0.2) is 0 Å². The summed E-state index contributed by atoms with van der Waals surface area (Å²) < 4.78 is 24.3. The molecule has 0 aromatic heterocycles. The topological polar surface area (TPSA) is 0 Å². The molecule has 98 valence electrons. The fraction of sp³-hybridized carbons (Fsp3) is 0.600. The normalized spacial score (nSPS) is 11.0. The van der Waals surface area contributed by atoms with E-state index in [1.807, 2.05) is 6.07 Å². The number of alkyl halides is 2. The van der Waals surface area contributed by atoms with Crippen LogP contribution in [0.3, 0.4) is 0 Å². The standard InChI is InChI=1S/C9H12.C6H12F2/c1-8(2)9-6-4-3-5-7-9;1-3-5-6(7,8)4-2/h3-8H,1-2H3;3-5H2,1-2H3. The van der Waals surface area contributed by atoms with Crippen molar-refractivity contribution in [2.24, 2.45) is 0 Å². The lowest BCUT2D eigenvalue weighted by Crippen LogP contribution is -2.12. The monoisotopic (exact) mass is 242 g/mol. The largest absolute Gasteiger partial charge is 0.247 e. The van der Waals surface area contributed by atoms with E-state index in [1.165, 1.54) is 12.5 Å². The molecule has 0 N–H and O–H groups in total. The number of hydrogen-bond acceptors (Lipinski definition) is 0. The molecule has 0 aliphatic carbocycles. The molecule has 0 amide bonds. The summed E-state index contributed by atoms with van der Waals surface area (Å²) in [4.78, 5) is 0. The van der Waals surface area contributed by atoms with Crippen molar-refractivity contribution in [2.75, 3.05) is 0 Å². The van der Waals surface area contributed by atoms with Crippen molar-refractivity contribution >= 4 is 0 Å². The highest BCUT2D eigenvalue weighted by atomic mass is 19.3. The fourth-order valence-corrected chi connectivity index (χ4v) is 1.38. The molecular weight excluding hydrogens is 218 g/mol. The summed E-state index contributed by atoms with van der Waals surface area (Å²) in [5.41, 5.74) is 1.41. The number of halogens is 2. The van der Waals surface area contributed by atoms with Crippen molar-refractivity contribution in [3.8, 4) is 0 Å². The molecule has 0 aliphatic rings. The second kappa shape index (κ2) is 8.21. The van der Waals surface area contributed by atoms with Gasteiger partial charge in [0.2, 0.25) is 5.92 Å². The van der Waals surface area contributed by atoms with Gasteiger partial charge in [-0.25, -0.2) is 8.78 Å². The average Bonchev–Trinajstić information content (AvgIpc) is 2.31. The SMILES string of the molecule is CC(C)c1ccccc1.CCCC(F)(F)CC. The molecule has 1 aromatic rings. The summed E-state index contributed by atoms with van der Waals surface area (Å²) in [5.74, 6) is -1.75. The van der Waals surface area contributed by atoms with Gasteiger partial charge in [-0.1, -0.05) is 64.4 Å². The van der Waals surface area contributed by atoms with E-state index in [0.29, 0.717) is 12.3 Å². The minimum atomic E-state index is -2.41. The Balaban J connectivity index is 0.000000304.